The van der Waals surface area contributed by atoms with E-state index in [-0.39, 0.29) is 29.5 Å². The maximum atomic E-state index is 13.8. The molecule has 1 aliphatic heterocycles. The maximum Gasteiger partial charge on any atom is 0.254 e. The van der Waals surface area contributed by atoms with Crippen molar-refractivity contribution in [3.05, 3.63) is 64.7 Å². The smallest absolute Gasteiger partial charge is 0.254 e. The topological polar surface area (TPSA) is 76.7 Å². The molecule has 1 heterocycles. The van der Waals surface area contributed by atoms with E-state index < -0.39 is 18.7 Å². The van der Waals surface area contributed by atoms with E-state index in [0.717, 1.165) is 12.0 Å². The summed E-state index contributed by atoms with van der Waals surface area (Å²) < 4.78 is 24.9. The summed E-state index contributed by atoms with van der Waals surface area (Å²) in [5, 5.41) is 5.49. The molecule has 6 nitrogen and oxygen atoms in total. The van der Waals surface area contributed by atoms with Crippen LogP contribution in [0.2, 0.25) is 0 Å². The quantitative estimate of drug-likeness (QED) is 0.784. The summed E-state index contributed by atoms with van der Waals surface area (Å²) in [5.41, 5.74) is 2.08. The lowest BCUT2D eigenvalue weighted by Gasteiger charge is -2.16. The van der Waals surface area contributed by atoms with Crippen molar-refractivity contribution in [1.82, 2.24) is 10.6 Å². The Bertz CT molecular complexity index is 934. The van der Waals surface area contributed by atoms with Crippen LogP contribution in [0.5, 0.6) is 5.75 Å². The number of alkyl halides is 1. The van der Waals surface area contributed by atoms with Crippen LogP contribution in [0.25, 0.3) is 0 Å². The van der Waals surface area contributed by atoms with Gasteiger partial charge in [0.05, 0.1) is 23.6 Å². The number of carbonyl (C=O) groups is 2. The van der Waals surface area contributed by atoms with E-state index in [2.05, 4.69) is 10.6 Å². The summed E-state index contributed by atoms with van der Waals surface area (Å²) in [5.74, 6) is -0.750. The fourth-order valence-electron chi connectivity index (χ4n) is 3.88. The molecule has 2 unspecified atom stereocenters. The second-order valence-electron chi connectivity index (χ2n) is 7.31. The van der Waals surface area contributed by atoms with Gasteiger partial charge in [-0.2, -0.15) is 0 Å². The van der Waals surface area contributed by atoms with E-state index in [4.69, 9.17) is 9.47 Å². The molecular weight excluding hydrogens is 375 g/mol. The van der Waals surface area contributed by atoms with Crippen molar-refractivity contribution in [1.29, 1.82) is 0 Å². The van der Waals surface area contributed by atoms with Crippen LogP contribution in [0.4, 0.5) is 4.39 Å². The molecule has 1 saturated carbocycles. The predicted octanol–water partition coefficient (Wildman–Crippen LogP) is 2.43. The van der Waals surface area contributed by atoms with Gasteiger partial charge >= 0.3 is 0 Å². The van der Waals surface area contributed by atoms with Gasteiger partial charge in [-0.3, -0.25) is 9.59 Å². The van der Waals surface area contributed by atoms with E-state index in [1.165, 1.54) is 13.1 Å². The lowest BCUT2D eigenvalue weighted by atomic mass is 9.86. The van der Waals surface area contributed by atoms with Gasteiger partial charge in [-0.15, -0.1) is 0 Å². The number of halogens is 1. The number of hydrogen-bond donors (Lipinski definition) is 2. The van der Waals surface area contributed by atoms with Crippen molar-refractivity contribution >= 4 is 11.8 Å². The van der Waals surface area contributed by atoms with E-state index in [1.807, 2.05) is 30.3 Å². The third-order valence-electron chi connectivity index (χ3n) is 5.49. The van der Waals surface area contributed by atoms with Gasteiger partial charge in [0.15, 0.2) is 0 Å². The molecule has 7 heteroatoms. The SMILES string of the molecule is CNC(=O)c1cc(C(=O)NC2CC2OC)cc2c1O[C@H](CF)[C@H]2c1ccccc1. The molecule has 0 bridgehead atoms. The minimum Gasteiger partial charge on any atom is -0.486 e. The first-order valence-corrected chi connectivity index (χ1v) is 9.58. The zero-order valence-corrected chi connectivity index (χ0v) is 16.3. The highest BCUT2D eigenvalue weighted by atomic mass is 19.1. The number of methoxy groups -OCH3 is 1. The van der Waals surface area contributed by atoms with Gasteiger partial charge in [0.25, 0.3) is 11.8 Å². The monoisotopic (exact) mass is 398 g/mol. The Hall–Kier alpha value is -2.93. The number of ether oxygens (including phenoxy) is 2. The third kappa shape index (κ3) is 3.58. The third-order valence-corrected chi connectivity index (χ3v) is 5.49. The molecule has 0 aromatic heterocycles. The van der Waals surface area contributed by atoms with Crippen molar-refractivity contribution < 1.29 is 23.5 Å². The predicted molar refractivity (Wildman–Crippen MR) is 105 cm³/mol. The molecule has 2 aliphatic rings. The van der Waals surface area contributed by atoms with Gasteiger partial charge in [-0.05, 0) is 24.1 Å². The first-order valence-electron chi connectivity index (χ1n) is 9.58. The van der Waals surface area contributed by atoms with Crippen LogP contribution in [0.1, 0.15) is 44.2 Å². The number of nitrogens with one attached hydrogen (secondary N) is 2. The molecule has 1 aliphatic carbocycles. The van der Waals surface area contributed by atoms with Gasteiger partial charge in [0, 0.05) is 25.3 Å². The van der Waals surface area contributed by atoms with E-state index >= 15 is 0 Å². The summed E-state index contributed by atoms with van der Waals surface area (Å²) >= 11 is 0. The average Bonchev–Trinajstić information content (AvgIpc) is 3.40. The molecule has 0 saturated heterocycles. The van der Waals surface area contributed by atoms with Gasteiger partial charge in [-0.25, -0.2) is 4.39 Å². The summed E-state index contributed by atoms with van der Waals surface area (Å²) in [6.07, 6.45) is 0.0216. The summed E-state index contributed by atoms with van der Waals surface area (Å²) in [6, 6.07) is 12.6. The number of rotatable bonds is 6. The number of carbonyl (C=O) groups excluding carboxylic acids is 2. The molecule has 4 rings (SSSR count). The zero-order chi connectivity index (χ0) is 20.5. The maximum absolute atomic E-state index is 13.8. The van der Waals surface area contributed by atoms with E-state index in [9.17, 15) is 14.0 Å². The highest BCUT2D eigenvalue weighted by Crippen LogP contribution is 2.45. The molecule has 2 amide bonds. The molecule has 1 fully saturated rings. The fraction of sp³-hybridized carbons (Fsp3) is 0.364. The van der Waals surface area contributed by atoms with Crippen LogP contribution >= 0.6 is 0 Å². The lowest BCUT2D eigenvalue weighted by molar-refractivity contribution is 0.0935. The zero-order valence-electron chi connectivity index (χ0n) is 16.3. The Balaban J connectivity index is 1.76. The number of amides is 2. The van der Waals surface area contributed by atoms with Crippen LogP contribution in [0, 0.1) is 0 Å². The molecule has 2 aromatic carbocycles. The molecule has 152 valence electrons. The summed E-state index contributed by atoms with van der Waals surface area (Å²) in [6.45, 7) is -0.708. The van der Waals surface area contributed by atoms with Crippen LogP contribution < -0.4 is 15.4 Å². The second kappa shape index (κ2) is 7.83. The molecular formula is C22H23FN2O4. The Labute approximate surface area is 168 Å². The Morgan fingerprint density at radius 1 is 1.21 bits per heavy atom. The number of hydrogen-bond acceptors (Lipinski definition) is 4. The number of fused-ring (bicyclic) bond motifs is 1. The van der Waals surface area contributed by atoms with Crippen LogP contribution in [-0.2, 0) is 4.74 Å². The van der Waals surface area contributed by atoms with Crippen molar-refractivity contribution in [3.8, 4) is 5.75 Å². The van der Waals surface area contributed by atoms with E-state index in [0.29, 0.717) is 16.9 Å². The Kier molecular flexibility index (Phi) is 5.24. The second-order valence-corrected chi connectivity index (χ2v) is 7.31. The lowest BCUT2D eigenvalue weighted by Crippen LogP contribution is -2.29. The minimum absolute atomic E-state index is 0.0168. The highest BCUT2D eigenvalue weighted by molar-refractivity contribution is 6.02. The van der Waals surface area contributed by atoms with Crippen molar-refractivity contribution in [2.45, 2.75) is 30.6 Å². The Morgan fingerprint density at radius 2 is 1.97 bits per heavy atom. The molecule has 2 N–H and O–H groups in total. The van der Waals surface area contributed by atoms with Gasteiger partial charge in [0.1, 0.15) is 18.5 Å². The number of benzene rings is 2. The average molecular weight is 398 g/mol. The normalized spacial score (nSPS) is 24.4. The van der Waals surface area contributed by atoms with Crippen LogP contribution in [0.15, 0.2) is 42.5 Å². The molecule has 0 spiro atoms. The fourth-order valence-corrected chi connectivity index (χ4v) is 3.88. The van der Waals surface area contributed by atoms with Gasteiger partial charge in [-0.1, -0.05) is 30.3 Å². The van der Waals surface area contributed by atoms with Crippen molar-refractivity contribution in [2.24, 2.45) is 0 Å². The van der Waals surface area contributed by atoms with Gasteiger partial charge < -0.3 is 20.1 Å². The van der Waals surface area contributed by atoms with E-state index in [1.54, 1.807) is 13.2 Å². The molecule has 2 aromatic rings. The first kappa shape index (κ1) is 19.4. The molecule has 0 radical (unpaired) electrons. The summed E-state index contributed by atoms with van der Waals surface area (Å²) in [7, 11) is 3.11. The van der Waals surface area contributed by atoms with Crippen LogP contribution in [0.3, 0.4) is 0 Å². The Morgan fingerprint density at radius 3 is 2.59 bits per heavy atom. The van der Waals surface area contributed by atoms with Crippen LogP contribution in [-0.4, -0.2) is 50.9 Å². The standard InChI is InChI=1S/C22H23FN2O4/c1-24-22(27)15-9-13(21(26)25-16-10-17(16)28-2)8-14-19(12-6-4-3-5-7-12)18(11-23)29-20(14)15/h3-9,16-19H,10-11H2,1-2H3,(H,24,27)(H,25,26)/t16?,17?,18-,19+/m1/s1. The highest BCUT2D eigenvalue weighted by Gasteiger charge is 2.41. The van der Waals surface area contributed by atoms with Crippen molar-refractivity contribution in [2.75, 3.05) is 20.8 Å². The molecule has 4 atom stereocenters. The summed E-state index contributed by atoms with van der Waals surface area (Å²) in [4.78, 5) is 25.3. The van der Waals surface area contributed by atoms with Gasteiger partial charge in [0.2, 0.25) is 0 Å². The van der Waals surface area contributed by atoms with Crippen molar-refractivity contribution in [3.63, 3.8) is 0 Å². The largest absolute Gasteiger partial charge is 0.486 e. The molecule has 29 heavy (non-hydrogen) atoms. The minimum atomic E-state index is -0.754. The first-order chi connectivity index (χ1) is 14.1.